The number of hydrogen-bond donors (Lipinski definition) is 3. The van der Waals surface area contributed by atoms with Crippen LogP contribution in [0.5, 0.6) is 0 Å². The van der Waals surface area contributed by atoms with Gasteiger partial charge in [0.05, 0.1) is 0 Å². The Labute approximate surface area is 126 Å². The minimum atomic E-state index is 0.290. The van der Waals surface area contributed by atoms with Gasteiger partial charge in [-0.05, 0) is 30.4 Å². The normalized spacial score (nSPS) is 10.7. The maximum atomic E-state index is 5.53. The van der Waals surface area contributed by atoms with E-state index < -0.39 is 0 Å². The lowest BCUT2D eigenvalue weighted by Crippen LogP contribution is -2.16. The lowest BCUT2D eigenvalue weighted by molar-refractivity contribution is 0.843. The molecule has 0 unspecified atom stereocenters. The molecule has 0 fully saturated rings. The van der Waals surface area contributed by atoms with Gasteiger partial charge < -0.3 is 10.7 Å². The van der Waals surface area contributed by atoms with Gasteiger partial charge >= 0.3 is 0 Å². The van der Waals surface area contributed by atoms with Crippen LogP contribution in [0.3, 0.4) is 0 Å². The highest BCUT2D eigenvalue weighted by molar-refractivity contribution is 5.58. The molecule has 0 saturated heterocycles. The largest absolute Gasteiger partial charge is 0.369 e. The van der Waals surface area contributed by atoms with Gasteiger partial charge in [-0.1, -0.05) is 38.1 Å². The predicted molar refractivity (Wildman–Crippen MR) is 87.3 cm³/mol. The summed E-state index contributed by atoms with van der Waals surface area (Å²) in [6.07, 6.45) is 2.48. The van der Waals surface area contributed by atoms with Crippen LogP contribution >= 0.6 is 0 Å². The molecular formula is C16H23N5. The molecule has 112 valence electrons. The van der Waals surface area contributed by atoms with E-state index in [2.05, 4.69) is 65.7 Å². The van der Waals surface area contributed by atoms with Crippen molar-refractivity contribution in [2.75, 3.05) is 17.3 Å². The highest BCUT2D eigenvalue weighted by atomic mass is 15.3. The molecule has 4 N–H and O–H groups in total. The third-order valence-electron chi connectivity index (χ3n) is 3.55. The van der Waals surface area contributed by atoms with Crippen molar-refractivity contribution in [3.05, 3.63) is 47.3 Å². The van der Waals surface area contributed by atoms with E-state index in [0.29, 0.717) is 11.7 Å². The van der Waals surface area contributed by atoms with Gasteiger partial charge in [0.15, 0.2) is 0 Å². The molecule has 0 aliphatic heterocycles. The first kappa shape index (κ1) is 15.3. The molecule has 1 aromatic carbocycles. The lowest BCUT2D eigenvalue weighted by Gasteiger charge is -2.16. The Balaban J connectivity index is 2.08. The second-order valence-electron chi connectivity index (χ2n) is 5.39. The molecule has 0 aliphatic carbocycles. The summed E-state index contributed by atoms with van der Waals surface area (Å²) in [5.74, 6) is 7.35. The van der Waals surface area contributed by atoms with E-state index in [1.807, 2.05) is 0 Å². The first-order chi connectivity index (χ1) is 10.1. The van der Waals surface area contributed by atoms with Crippen molar-refractivity contribution in [1.29, 1.82) is 0 Å². The Bertz CT molecular complexity index is 595. The molecule has 5 heteroatoms. The number of hydrogen-bond acceptors (Lipinski definition) is 5. The first-order valence-electron chi connectivity index (χ1n) is 7.23. The number of nitrogen functional groups attached to an aromatic ring is 1. The van der Waals surface area contributed by atoms with Gasteiger partial charge in [0.1, 0.15) is 18.0 Å². The molecule has 5 nitrogen and oxygen atoms in total. The van der Waals surface area contributed by atoms with Crippen LogP contribution < -0.4 is 16.6 Å². The summed E-state index contributed by atoms with van der Waals surface area (Å²) in [5.41, 5.74) is 6.33. The highest BCUT2D eigenvalue weighted by Gasteiger charge is 2.13. The summed E-state index contributed by atoms with van der Waals surface area (Å²) >= 11 is 0. The number of benzene rings is 1. The number of anilines is 2. The predicted octanol–water partition coefficient (Wildman–Crippen LogP) is 2.85. The van der Waals surface area contributed by atoms with Crippen LogP contribution in [0.1, 0.15) is 36.5 Å². The van der Waals surface area contributed by atoms with Crippen molar-refractivity contribution in [2.45, 2.75) is 33.1 Å². The smallest absolute Gasteiger partial charge is 0.148 e. The maximum Gasteiger partial charge on any atom is 0.148 e. The van der Waals surface area contributed by atoms with E-state index in [9.17, 15) is 0 Å². The standard InChI is InChI=1S/C16H23N5/c1-11(2)14-15(19-10-20-16(14)21-17)18-9-8-13-7-5-4-6-12(13)3/h4-7,10-11H,8-9,17H2,1-3H3,(H2,18,19,20,21). The summed E-state index contributed by atoms with van der Waals surface area (Å²) in [5, 5.41) is 3.40. The third-order valence-corrected chi connectivity index (χ3v) is 3.55. The van der Waals surface area contributed by atoms with Crippen molar-refractivity contribution < 1.29 is 0 Å². The van der Waals surface area contributed by atoms with Crippen LogP contribution in [0.2, 0.25) is 0 Å². The summed E-state index contributed by atoms with van der Waals surface area (Å²) in [6, 6.07) is 8.43. The third kappa shape index (κ3) is 3.70. The molecule has 0 saturated carbocycles. The van der Waals surface area contributed by atoms with E-state index >= 15 is 0 Å². The highest BCUT2D eigenvalue weighted by Crippen LogP contribution is 2.27. The minimum absolute atomic E-state index is 0.290. The summed E-state index contributed by atoms with van der Waals surface area (Å²) in [6.45, 7) is 7.17. The van der Waals surface area contributed by atoms with E-state index in [4.69, 9.17) is 5.84 Å². The SMILES string of the molecule is Cc1ccccc1CCNc1ncnc(NN)c1C(C)C. The summed E-state index contributed by atoms with van der Waals surface area (Å²) < 4.78 is 0. The zero-order valence-corrected chi connectivity index (χ0v) is 12.9. The number of hydrazine groups is 1. The van der Waals surface area contributed by atoms with Crippen LogP contribution in [0.15, 0.2) is 30.6 Å². The summed E-state index contributed by atoms with van der Waals surface area (Å²) in [7, 11) is 0. The fourth-order valence-electron chi connectivity index (χ4n) is 2.40. The molecule has 0 spiro atoms. The quantitative estimate of drug-likeness (QED) is 0.562. The summed E-state index contributed by atoms with van der Waals surface area (Å²) in [4.78, 5) is 8.52. The molecule has 0 bridgehead atoms. The number of rotatable bonds is 6. The average Bonchev–Trinajstić information content (AvgIpc) is 2.48. The van der Waals surface area contributed by atoms with Gasteiger partial charge in [-0.3, -0.25) is 0 Å². The Kier molecular flexibility index (Phi) is 5.11. The number of aryl methyl sites for hydroxylation is 1. The van der Waals surface area contributed by atoms with Gasteiger partial charge in [-0.25, -0.2) is 15.8 Å². The van der Waals surface area contributed by atoms with E-state index in [0.717, 1.165) is 24.3 Å². The maximum absolute atomic E-state index is 5.53. The van der Waals surface area contributed by atoms with Gasteiger partial charge in [-0.2, -0.15) is 0 Å². The lowest BCUT2D eigenvalue weighted by atomic mass is 10.0. The number of nitrogens with one attached hydrogen (secondary N) is 2. The van der Waals surface area contributed by atoms with Crippen molar-refractivity contribution in [1.82, 2.24) is 9.97 Å². The second-order valence-corrected chi connectivity index (χ2v) is 5.39. The Morgan fingerprint density at radius 3 is 2.52 bits per heavy atom. The number of nitrogens with zero attached hydrogens (tertiary/aromatic N) is 2. The second kappa shape index (κ2) is 7.04. The minimum Gasteiger partial charge on any atom is -0.369 e. The Morgan fingerprint density at radius 1 is 1.14 bits per heavy atom. The van der Waals surface area contributed by atoms with Crippen LogP contribution in [-0.4, -0.2) is 16.5 Å². The fraction of sp³-hybridized carbons (Fsp3) is 0.375. The molecule has 21 heavy (non-hydrogen) atoms. The first-order valence-corrected chi connectivity index (χ1v) is 7.23. The molecule has 1 aromatic heterocycles. The van der Waals surface area contributed by atoms with Crippen molar-refractivity contribution >= 4 is 11.6 Å². The number of aromatic nitrogens is 2. The molecule has 0 aliphatic rings. The fourth-order valence-corrected chi connectivity index (χ4v) is 2.40. The van der Waals surface area contributed by atoms with Gasteiger partial charge in [0.2, 0.25) is 0 Å². The molecule has 1 heterocycles. The molecule has 0 atom stereocenters. The van der Waals surface area contributed by atoms with Crippen molar-refractivity contribution in [3.8, 4) is 0 Å². The van der Waals surface area contributed by atoms with E-state index in [-0.39, 0.29) is 0 Å². The van der Waals surface area contributed by atoms with E-state index in [1.165, 1.54) is 17.5 Å². The average molecular weight is 285 g/mol. The number of nitrogens with two attached hydrogens (primary N) is 1. The van der Waals surface area contributed by atoms with Crippen LogP contribution in [0.25, 0.3) is 0 Å². The Morgan fingerprint density at radius 2 is 1.86 bits per heavy atom. The monoisotopic (exact) mass is 285 g/mol. The van der Waals surface area contributed by atoms with Gasteiger partial charge in [-0.15, -0.1) is 0 Å². The van der Waals surface area contributed by atoms with Gasteiger partial charge in [0, 0.05) is 12.1 Å². The zero-order chi connectivity index (χ0) is 15.2. The Hall–Kier alpha value is -2.14. The van der Waals surface area contributed by atoms with Crippen LogP contribution in [-0.2, 0) is 6.42 Å². The van der Waals surface area contributed by atoms with Crippen LogP contribution in [0, 0.1) is 6.92 Å². The van der Waals surface area contributed by atoms with E-state index in [1.54, 1.807) is 0 Å². The molecule has 0 radical (unpaired) electrons. The van der Waals surface area contributed by atoms with Crippen molar-refractivity contribution in [3.63, 3.8) is 0 Å². The molecule has 2 rings (SSSR count). The van der Waals surface area contributed by atoms with Crippen molar-refractivity contribution in [2.24, 2.45) is 5.84 Å². The molecule has 2 aromatic rings. The molecular weight excluding hydrogens is 262 g/mol. The van der Waals surface area contributed by atoms with Gasteiger partial charge in [0.25, 0.3) is 0 Å². The molecule has 0 amide bonds. The zero-order valence-electron chi connectivity index (χ0n) is 12.9. The topological polar surface area (TPSA) is 75.9 Å². The van der Waals surface area contributed by atoms with Crippen LogP contribution in [0.4, 0.5) is 11.6 Å².